The summed E-state index contributed by atoms with van der Waals surface area (Å²) in [7, 11) is 0. The van der Waals surface area contributed by atoms with Crippen LogP contribution in [0.25, 0.3) is 0 Å². The van der Waals surface area contributed by atoms with Crippen LogP contribution in [0.15, 0.2) is 0 Å². The summed E-state index contributed by atoms with van der Waals surface area (Å²) >= 11 is 0. The van der Waals surface area contributed by atoms with Gasteiger partial charge in [-0.3, -0.25) is 0 Å². The van der Waals surface area contributed by atoms with E-state index in [4.69, 9.17) is 4.74 Å². The van der Waals surface area contributed by atoms with Crippen molar-refractivity contribution >= 4 is 0 Å². The lowest BCUT2D eigenvalue weighted by Crippen LogP contribution is -2.35. The van der Waals surface area contributed by atoms with E-state index in [1.54, 1.807) is 0 Å². The first kappa shape index (κ1) is 10.0. The van der Waals surface area contributed by atoms with Crippen molar-refractivity contribution in [1.29, 1.82) is 0 Å². The zero-order valence-electron chi connectivity index (χ0n) is 8.73. The fourth-order valence-electron chi connectivity index (χ4n) is 2.17. The average molecular weight is 170 g/mol. The zero-order chi connectivity index (χ0) is 9.03. The molecule has 0 atom stereocenters. The van der Waals surface area contributed by atoms with Gasteiger partial charge in [-0.15, -0.1) is 0 Å². The Labute approximate surface area is 76.5 Å². The molecular weight excluding hydrogens is 148 g/mol. The van der Waals surface area contributed by atoms with Crippen molar-refractivity contribution < 1.29 is 4.74 Å². The van der Waals surface area contributed by atoms with Gasteiger partial charge >= 0.3 is 0 Å². The van der Waals surface area contributed by atoms with Gasteiger partial charge in [-0.1, -0.05) is 33.6 Å². The quantitative estimate of drug-likeness (QED) is 0.628. The SMILES string of the molecule is CCCOC1(C(C)C)CCCC1. The van der Waals surface area contributed by atoms with E-state index >= 15 is 0 Å². The van der Waals surface area contributed by atoms with Crippen LogP contribution >= 0.6 is 0 Å². The zero-order valence-corrected chi connectivity index (χ0v) is 8.73. The molecule has 1 aliphatic rings. The standard InChI is InChI=1S/C11H22O/c1-4-9-12-11(10(2)3)7-5-6-8-11/h10H,4-9H2,1-3H3. The predicted molar refractivity (Wildman–Crippen MR) is 52.3 cm³/mol. The first-order valence-corrected chi connectivity index (χ1v) is 5.35. The van der Waals surface area contributed by atoms with Gasteiger partial charge in [-0.2, -0.15) is 0 Å². The molecule has 0 unspecified atom stereocenters. The highest BCUT2D eigenvalue weighted by Gasteiger charge is 2.37. The molecule has 1 fully saturated rings. The fourth-order valence-corrected chi connectivity index (χ4v) is 2.17. The minimum atomic E-state index is 0.246. The van der Waals surface area contributed by atoms with Crippen LogP contribution < -0.4 is 0 Å². The smallest absolute Gasteiger partial charge is 0.0705 e. The molecule has 0 N–H and O–H groups in total. The summed E-state index contributed by atoms with van der Waals surface area (Å²) in [5.74, 6) is 0.687. The number of hydrogen-bond donors (Lipinski definition) is 0. The molecule has 0 bridgehead atoms. The molecular formula is C11H22O. The minimum absolute atomic E-state index is 0.246. The van der Waals surface area contributed by atoms with E-state index < -0.39 is 0 Å². The van der Waals surface area contributed by atoms with Gasteiger partial charge in [-0.25, -0.2) is 0 Å². The lowest BCUT2D eigenvalue weighted by atomic mass is 9.88. The predicted octanol–water partition coefficient (Wildman–Crippen LogP) is 3.38. The van der Waals surface area contributed by atoms with Crippen LogP contribution in [-0.2, 0) is 4.74 Å². The highest BCUT2D eigenvalue weighted by Crippen LogP contribution is 2.39. The van der Waals surface area contributed by atoms with Crippen LogP contribution in [0.3, 0.4) is 0 Å². The Morgan fingerprint density at radius 2 is 1.83 bits per heavy atom. The summed E-state index contributed by atoms with van der Waals surface area (Å²) in [6.07, 6.45) is 6.44. The molecule has 1 saturated carbocycles. The Bertz CT molecular complexity index is 123. The van der Waals surface area contributed by atoms with Crippen LogP contribution in [0, 0.1) is 5.92 Å². The van der Waals surface area contributed by atoms with E-state index in [1.165, 1.54) is 25.7 Å². The van der Waals surface area contributed by atoms with Gasteiger partial charge in [-0.05, 0) is 25.2 Å². The summed E-state index contributed by atoms with van der Waals surface area (Å²) in [6.45, 7) is 7.71. The lowest BCUT2D eigenvalue weighted by Gasteiger charge is -2.33. The van der Waals surface area contributed by atoms with Gasteiger partial charge in [0.15, 0.2) is 0 Å². The van der Waals surface area contributed by atoms with E-state index in [-0.39, 0.29) is 5.60 Å². The first-order chi connectivity index (χ1) is 5.71. The van der Waals surface area contributed by atoms with E-state index in [9.17, 15) is 0 Å². The molecule has 0 aromatic heterocycles. The van der Waals surface area contributed by atoms with E-state index in [0.717, 1.165) is 13.0 Å². The highest BCUT2D eigenvalue weighted by molar-refractivity contribution is 4.89. The molecule has 0 spiro atoms. The second kappa shape index (κ2) is 4.27. The summed E-state index contributed by atoms with van der Waals surface area (Å²) in [5.41, 5.74) is 0.246. The van der Waals surface area contributed by atoms with Crippen molar-refractivity contribution in [3.05, 3.63) is 0 Å². The fraction of sp³-hybridized carbons (Fsp3) is 1.00. The van der Waals surface area contributed by atoms with E-state index in [2.05, 4.69) is 20.8 Å². The van der Waals surface area contributed by atoms with E-state index in [0.29, 0.717) is 5.92 Å². The normalized spacial score (nSPS) is 22.0. The summed E-state index contributed by atoms with van der Waals surface area (Å²) in [4.78, 5) is 0. The Morgan fingerprint density at radius 3 is 2.25 bits per heavy atom. The maximum absolute atomic E-state index is 6.00. The molecule has 0 radical (unpaired) electrons. The summed E-state index contributed by atoms with van der Waals surface area (Å²) in [5, 5.41) is 0. The van der Waals surface area contributed by atoms with Gasteiger partial charge in [0, 0.05) is 6.61 Å². The van der Waals surface area contributed by atoms with Crippen molar-refractivity contribution in [2.75, 3.05) is 6.61 Å². The molecule has 0 aromatic carbocycles. The topological polar surface area (TPSA) is 9.23 Å². The Morgan fingerprint density at radius 1 is 1.25 bits per heavy atom. The largest absolute Gasteiger partial charge is 0.375 e. The summed E-state index contributed by atoms with van der Waals surface area (Å²) in [6, 6.07) is 0. The third-order valence-electron chi connectivity index (χ3n) is 3.10. The van der Waals surface area contributed by atoms with Crippen molar-refractivity contribution in [1.82, 2.24) is 0 Å². The van der Waals surface area contributed by atoms with E-state index in [1.807, 2.05) is 0 Å². The number of ether oxygens (including phenoxy) is 1. The summed E-state index contributed by atoms with van der Waals surface area (Å²) < 4.78 is 6.00. The second-order valence-corrected chi connectivity index (χ2v) is 4.28. The molecule has 0 amide bonds. The highest BCUT2D eigenvalue weighted by atomic mass is 16.5. The third-order valence-corrected chi connectivity index (χ3v) is 3.10. The van der Waals surface area contributed by atoms with Gasteiger partial charge < -0.3 is 4.74 Å². The minimum Gasteiger partial charge on any atom is -0.375 e. The van der Waals surface area contributed by atoms with Crippen LogP contribution in [0.1, 0.15) is 52.9 Å². The average Bonchev–Trinajstić information content (AvgIpc) is 2.50. The molecule has 1 heteroatoms. The van der Waals surface area contributed by atoms with Crippen molar-refractivity contribution in [3.8, 4) is 0 Å². The molecule has 12 heavy (non-hydrogen) atoms. The van der Waals surface area contributed by atoms with Crippen LogP contribution in [-0.4, -0.2) is 12.2 Å². The first-order valence-electron chi connectivity index (χ1n) is 5.35. The van der Waals surface area contributed by atoms with Gasteiger partial charge in [0.05, 0.1) is 5.60 Å². The van der Waals surface area contributed by atoms with Crippen LogP contribution in [0.5, 0.6) is 0 Å². The third kappa shape index (κ3) is 2.01. The number of hydrogen-bond acceptors (Lipinski definition) is 1. The van der Waals surface area contributed by atoms with Gasteiger partial charge in [0.25, 0.3) is 0 Å². The Hall–Kier alpha value is -0.0400. The van der Waals surface area contributed by atoms with Gasteiger partial charge in [0.1, 0.15) is 0 Å². The molecule has 72 valence electrons. The van der Waals surface area contributed by atoms with Crippen molar-refractivity contribution in [3.63, 3.8) is 0 Å². The molecule has 1 rings (SSSR count). The lowest BCUT2D eigenvalue weighted by molar-refractivity contribution is -0.0729. The molecule has 0 heterocycles. The van der Waals surface area contributed by atoms with Crippen molar-refractivity contribution in [2.24, 2.45) is 5.92 Å². The molecule has 0 aliphatic heterocycles. The van der Waals surface area contributed by atoms with Crippen molar-refractivity contribution in [2.45, 2.75) is 58.5 Å². The maximum atomic E-state index is 6.00. The Balaban J connectivity index is 2.47. The molecule has 0 aromatic rings. The number of rotatable bonds is 4. The molecule has 1 aliphatic carbocycles. The maximum Gasteiger partial charge on any atom is 0.0705 e. The molecule has 0 saturated heterocycles. The Kier molecular flexibility index (Phi) is 3.57. The van der Waals surface area contributed by atoms with Crippen LogP contribution in [0.4, 0.5) is 0 Å². The molecule has 1 nitrogen and oxygen atoms in total. The van der Waals surface area contributed by atoms with Crippen LogP contribution in [0.2, 0.25) is 0 Å². The second-order valence-electron chi connectivity index (χ2n) is 4.28. The monoisotopic (exact) mass is 170 g/mol. The van der Waals surface area contributed by atoms with Gasteiger partial charge in [0.2, 0.25) is 0 Å².